The van der Waals surface area contributed by atoms with Crippen LogP contribution in [-0.4, -0.2) is 35.8 Å². The Morgan fingerprint density at radius 2 is 1.48 bits per heavy atom. The van der Waals surface area contributed by atoms with Gasteiger partial charge in [0.25, 0.3) is 5.91 Å². The molecule has 0 aliphatic carbocycles. The Morgan fingerprint density at radius 1 is 0.879 bits per heavy atom. The van der Waals surface area contributed by atoms with Crippen LogP contribution in [0.3, 0.4) is 0 Å². The average Bonchev–Trinajstić information content (AvgIpc) is 2.76. The number of anilines is 2. The van der Waals surface area contributed by atoms with E-state index in [1.165, 1.54) is 6.92 Å². The summed E-state index contributed by atoms with van der Waals surface area (Å²) in [6.07, 6.45) is 0. The van der Waals surface area contributed by atoms with Crippen molar-refractivity contribution in [2.45, 2.75) is 46.4 Å². The number of nitrogens with two attached hydrogens (primary N) is 1. The number of rotatable bonds is 9. The van der Waals surface area contributed by atoms with Gasteiger partial charge in [-0.05, 0) is 54.8 Å². The predicted molar refractivity (Wildman–Crippen MR) is 125 cm³/mol. The van der Waals surface area contributed by atoms with Crippen molar-refractivity contribution < 1.29 is 23.9 Å². The van der Waals surface area contributed by atoms with Crippen LogP contribution in [0.4, 0.5) is 11.4 Å². The smallest absolute Gasteiger partial charge is 0.302 e. The predicted octanol–water partition coefficient (Wildman–Crippen LogP) is 2.23. The van der Waals surface area contributed by atoms with Gasteiger partial charge in [-0.15, -0.1) is 0 Å². The largest absolute Gasteiger partial charge is 0.461 e. The van der Waals surface area contributed by atoms with Gasteiger partial charge in [-0.25, -0.2) is 0 Å². The number of carbonyl (C=O) groups is 4. The minimum atomic E-state index is -0.840. The molecule has 0 radical (unpaired) electrons. The first-order chi connectivity index (χ1) is 15.6. The van der Waals surface area contributed by atoms with E-state index >= 15 is 0 Å². The topological polar surface area (TPSA) is 140 Å². The van der Waals surface area contributed by atoms with Crippen LogP contribution < -0.4 is 21.7 Å². The van der Waals surface area contributed by atoms with E-state index < -0.39 is 29.8 Å². The molecular formula is C24H30N4O5. The molecule has 0 aliphatic heterocycles. The van der Waals surface area contributed by atoms with Crippen molar-refractivity contribution >= 4 is 35.1 Å². The quantitative estimate of drug-likeness (QED) is 0.338. The molecule has 2 aromatic carbocycles. The first kappa shape index (κ1) is 25.4. The average molecular weight is 455 g/mol. The second kappa shape index (κ2) is 11.7. The fourth-order valence-corrected chi connectivity index (χ4v) is 2.88. The summed E-state index contributed by atoms with van der Waals surface area (Å²) in [7, 11) is 0. The van der Waals surface area contributed by atoms with Gasteiger partial charge >= 0.3 is 5.97 Å². The molecule has 2 unspecified atom stereocenters. The summed E-state index contributed by atoms with van der Waals surface area (Å²) in [5, 5.41) is 8.08. The van der Waals surface area contributed by atoms with Crippen LogP contribution in [0, 0.1) is 5.92 Å². The molecule has 5 N–H and O–H groups in total. The summed E-state index contributed by atoms with van der Waals surface area (Å²) < 4.78 is 4.92. The number of hydrogen-bond acceptors (Lipinski definition) is 6. The third-order valence-corrected chi connectivity index (χ3v) is 4.82. The third kappa shape index (κ3) is 7.95. The zero-order valence-corrected chi connectivity index (χ0v) is 19.2. The van der Waals surface area contributed by atoms with E-state index in [0.717, 1.165) is 5.56 Å². The molecule has 0 bridgehead atoms. The van der Waals surface area contributed by atoms with E-state index in [9.17, 15) is 19.2 Å². The molecule has 9 nitrogen and oxygen atoms in total. The standard InChI is InChI=1S/C24H30N4O5/c1-14(2)21(28-23(31)18-7-9-19(25)10-8-18)24(32)26-15(3)22(30)27-20-11-5-17(6-12-20)13-33-16(4)29/h5-12,14-15,21H,13,25H2,1-4H3,(H,26,32)(H,27,30)(H,28,31). The number of carbonyl (C=O) groups excluding carboxylic acids is 4. The third-order valence-electron chi connectivity index (χ3n) is 4.82. The van der Waals surface area contributed by atoms with E-state index in [-0.39, 0.29) is 18.5 Å². The lowest BCUT2D eigenvalue weighted by Crippen LogP contribution is -2.53. The second-order valence-electron chi connectivity index (χ2n) is 8.01. The Morgan fingerprint density at radius 3 is 2.03 bits per heavy atom. The number of esters is 1. The lowest BCUT2D eigenvalue weighted by Gasteiger charge is -2.24. The fourth-order valence-electron chi connectivity index (χ4n) is 2.88. The zero-order chi connectivity index (χ0) is 24.5. The van der Waals surface area contributed by atoms with E-state index in [0.29, 0.717) is 16.9 Å². The number of hydrogen-bond donors (Lipinski definition) is 4. The number of benzene rings is 2. The highest BCUT2D eigenvalue weighted by molar-refractivity contribution is 6.00. The Hall–Kier alpha value is -3.88. The van der Waals surface area contributed by atoms with E-state index in [1.54, 1.807) is 69.3 Å². The molecule has 0 fully saturated rings. The Balaban J connectivity index is 1.94. The molecule has 9 heteroatoms. The molecule has 0 saturated carbocycles. The van der Waals surface area contributed by atoms with Gasteiger partial charge in [0.05, 0.1) is 0 Å². The molecule has 0 spiro atoms. The van der Waals surface area contributed by atoms with Gasteiger partial charge in [0.1, 0.15) is 18.7 Å². The first-order valence-corrected chi connectivity index (χ1v) is 10.6. The van der Waals surface area contributed by atoms with E-state index in [4.69, 9.17) is 10.5 Å². The van der Waals surface area contributed by atoms with Crippen LogP contribution in [0.15, 0.2) is 48.5 Å². The highest BCUT2D eigenvalue weighted by atomic mass is 16.5. The summed E-state index contributed by atoms with van der Waals surface area (Å²) >= 11 is 0. The summed E-state index contributed by atoms with van der Waals surface area (Å²) in [6.45, 7) is 6.64. The van der Waals surface area contributed by atoms with Gasteiger partial charge in [0.2, 0.25) is 11.8 Å². The van der Waals surface area contributed by atoms with Crippen molar-refractivity contribution in [1.82, 2.24) is 10.6 Å². The number of nitrogens with one attached hydrogen (secondary N) is 3. The van der Waals surface area contributed by atoms with E-state index in [1.807, 2.05) is 0 Å². The van der Waals surface area contributed by atoms with Gasteiger partial charge in [-0.1, -0.05) is 26.0 Å². The van der Waals surface area contributed by atoms with E-state index in [2.05, 4.69) is 16.0 Å². The number of nitrogen functional groups attached to an aromatic ring is 1. The Kier molecular flexibility index (Phi) is 8.97. The first-order valence-electron chi connectivity index (χ1n) is 10.6. The normalized spacial score (nSPS) is 12.4. The minimum Gasteiger partial charge on any atom is -0.461 e. The molecule has 2 rings (SSSR count). The summed E-state index contributed by atoms with van der Waals surface area (Å²) in [5.41, 5.74) is 7.87. The molecule has 0 aliphatic rings. The van der Waals surface area contributed by atoms with Crippen molar-refractivity contribution in [1.29, 1.82) is 0 Å². The van der Waals surface area contributed by atoms with Crippen LogP contribution in [0.1, 0.15) is 43.6 Å². The van der Waals surface area contributed by atoms with Crippen molar-refractivity contribution in [3.8, 4) is 0 Å². The van der Waals surface area contributed by atoms with Crippen LogP contribution in [0.25, 0.3) is 0 Å². The number of ether oxygens (including phenoxy) is 1. The molecule has 3 amide bonds. The molecule has 33 heavy (non-hydrogen) atoms. The van der Waals surface area contributed by atoms with Gasteiger partial charge in [-0.2, -0.15) is 0 Å². The Labute approximate surface area is 193 Å². The molecule has 0 heterocycles. The summed E-state index contributed by atoms with van der Waals surface area (Å²) in [5.74, 6) is -1.87. The molecule has 176 valence electrons. The highest BCUT2D eigenvalue weighted by Crippen LogP contribution is 2.12. The maximum absolute atomic E-state index is 12.8. The van der Waals surface area contributed by atoms with Crippen molar-refractivity contribution in [3.63, 3.8) is 0 Å². The molecule has 2 atom stereocenters. The highest BCUT2D eigenvalue weighted by Gasteiger charge is 2.27. The summed E-state index contributed by atoms with van der Waals surface area (Å²) in [4.78, 5) is 48.7. The van der Waals surface area contributed by atoms with Crippen LogP contribution in [0.2, 0.25) is 0 Å². The summed E-state index contributed by atoms with van der Waals surface area (Å²) in [6, 6.07) is 11.5. The SMILES string of the molecule is CC(=O)OCc1ccc(NC(=O)C(C)NC(=O)C(NC(=O)c2ccc(N)cc2)C(C)C)cc1. The molecular weight excluding hydrogens is 424 g/mol. The van der Waals surface area contributed by atoms with Crippen molar-refractivity contribution in [3.05, 3.63) is 59.7 Å². The van der Waals surface area contributed by atoms with Gasteiger partial charge < -0.3 is 26.4 Å². The maximum atomic E-state index is 12.8. The van der Waals surface area contributed by atoms with Crippen molar-refractivity contribution in [2.75, 3.05) is 11.1 Å². The second-order valence-corrected chi connectivity index (χ2v) is 8.01. The molecule has 0 saturated heterocycles. The Bertz CT molecular complexity index is 987. The maximum Gasteiger partial charge on any atom is 0.302 e. The molecule has 0 aromatic heterocycles. The van der Waals surface area contributed by atoms with Gasteiger partial charge in [-0.3, -0.25) is 19.2 Å². The lowest BCUT2D eigenvalue weighted by molar-refractivity contribution is -0.142. The number of amides is 3. The van der Waals surface area contributed by atoms with Crippen LogP contribution in [-0.2, 0) is 25.7 Å². The van der Waals surface area contributed by atoms with Crippen LogP contribution >= 0.6 is 0 Å². The zero-order valence-electron chi connectivity index (χ0n) is 19.2. The van der Waals surface area contributed by atoms with Crippen molar-refractivity contribution in [2.24, 2.45) is 5.92 Å². The minimum absolute atomic E-state index is 0.148. The lowest BCUT2D eigenvalue weighted by atomic mass is 10.0. The monoisotopic (exact) mass is 454 g/mol. The van der Waals surface area contributed by atoms with Gasteiger partial charge in [0.15, 0.2) is 0 Å². The fraction of sp³-hybridized carbons (Fsp3) is 0.333. The van der Waals surface area contributed by atoms with Crippen LogP contribution in [0.5, 0.6) is 0 Å². The molecule has 2 aromatic rings. The van der Waals surface area contributed by atoms with Gasteiger partial charge in [0, 0.05) is 23.9 Å².